The molecule has 0 N–H and O–H groups in total. The molecule has 0 aromatic heterocycles. The van der Waals surface area contributed by atoms with Crippen molar-refractivity contribution in [1.82, 2.24) is 0 Å². The summed E-state index contributed by atoms with van der Waals surface area (Å²) in [6.45, 7) is -0.175. The molecule has 0 amide bonds. The van der Waals surface area contributed by atoms with Crippen LogP contribution in [-0.2, 0) is 19.4 Å². The second-order valence-electron chi connectivity index (χ2n) is 6.83. The molecule has 0 saturated heterocycles. The Labute approximate surface area is 160 Å². The summed E-state index contributed by atoms with van der Waals surface area (Å²) in [6.07, 6.45) is -0.223. The highest BCUT2D eigenvalue weighted by molar-refractivity contribution is 7.92. The molecule has 27 heavy (non-hydrogen) atoms. The van der Waals surface area contributed by atoms with Gasteiger partial charge >= 0.3 is 0 Å². The number of sulfone groups is 1. The van der Waals surface area contributed by atoms with Crippen LogP contribution in [-0.4, -0.2) is 20.8 Å². The number of ether oxygens (including phenoxy) is 1. The summed E-state index contributed by atoms with van der Waals surface area (Å²) in [7, 11) is -4.17. The monoisotopic (exact) mass is 412 g/mol. The van der Waals surface area contributed by atoms with Crippen molar-refractivity contribution in [3.05, 3.63) is 58.6 Å². The third kappa shape index (κ3) is 2.59. The third-order valence-electron chi connectivity index (χ3n) is 5.42. The van der Waals surface area contributed by atoms with Crippen LogP contribution in [0.4, 0.5) is 8.78 Å². The molecule has 0 bridgehead atoms. The van der Waals surface area contributed by atoms with Crippen LogP contribution in [0.25, 0.3) is 0 Å². The van der Waals surface area contributed by atoms with Crippen LogP contribution in [0.15, 0.2) is 41.3 Å². The lowest BCUT2D eigenvalue weighted by Crippen LogP contribution is -2.52. The van der Waals surface area contributed by atoms with Crippen molar-refractivity contribution in [3.63, 3.8) is 0 Å². The molecule has 1 aliphatic heterocycles. The Morgan fingerprint density at radius 3 is 2.44 bits per heavy atom. The zero-order valence-corrected chi connectivity index (χ0v) is 15.6. The number of benzene rings is 2. The highest BCUT2D eigenvalue weighted by Crippen LogP contribution is 2.55. The molecular formula is C19H15ClF2O4S. The lowest BCUT2D eigenvalue weighted by Gasteiger charge is -2.46. The number of hydrogen-bond acceptors (Lipinski definition) is 4. The average molecular weight is 413 g/mol. The van der Waals surface area contributed by atoms with Gasteiger partial charge in [0.2, 0.25) is 0 Å². The number of ketones is 1. The molecule has 1 aliphatic carbocycles. The second-order valence-corrected chi connectivity index (χ2v) is 9.47. The maximum atomic E-state index is 14.9. The van der Waals surface area contributed by atoms with Crippen LogP contribution in [0, 0.1) is 17.6 Å². The first-order valence-corrected chi connectivity index (χ1v) is 10.3. The first-order valence-electron chi connectivity index (χ1n) is 8.40. The molecule has 1 fully saturated rings. The van der Waals surface area contributed by atoms with Gasteiger partial charge in [-0.3, -0.25) is 4.79 Å². The van der Waals surface area contributed by atoms with E-state index in [0.717, 1.165) is 12.1 Å². The normalized spacial score (nSPS) is 24.7. The fourth-order valence-electron chi connectivity index (χ4n) is 4.16. The van der Waals surface area contributed by atoms with Crippen LogP contribution in [0.2, 0.25) is 5.02 Å². The van der Waals surface area contributed by atoms with E-state index in [1.165, 1.54) is 24.3 Å². The molecule has 0 unspecified atom stereocenters. The summed E-state index contributed by atoms with van der Waals surface area (Å²) in [5, 5.41) is 0.353. The molecule has 1 heterocycles. The van der Waals surface area contributed by atoms with Gasteiger partial charge in [0.15, 0.2) is 21.4 Å². The van der Waals surface area contributed by atoms with Crippen LogP contribution >= 0.6 is 11.6 Å². The zero-order chi connectivity index (χ0) is 19.4. The van der Waals surface area contributed by atoms with Gasteiger partial charge in [0.25, 0.3) is 0 Å². The largest absolute Gasteiger partial charge is 0.490 e. The van der Waals surface area contributed by atoms with Gasteiger partial charge in [-0.25, -0.2) is 17.2 Å². The van der Waals surface area contributed by atoms with Crippen LogP contribution in [0.1, 0.15) is 24.8 Å². The molecule has 2 aromatic carbocycles. The minimum atomic E-state index is -4.17. The number of carbonyl (C=O) groups excluding carboxylic acids is 1. The molecule has 0 spiro atoms. The number of Topliss-reactive ketones (excluding diaryl/α,β-unsaturated/α-hetero) is 1. The van der Waals surface area contributed by atoms with E-state index >= 15 is 0 Å². The average Bonchev–Trinajstić information content (AvgIpc) is 2.64. The minimum absolute atomic E-state index is 0.0291. The van der Waals surface area contributed by atoms with Crippen molar-refractivity contribution in [2.24, 2.45) is 5.92 Å². The Hall–Kier alpha value is -1.99. The molecule has 2 aliphatic rings. The Morgan fingerprint density at radius 2 is 1.74 bits per heavy atom. The molecule has 0 radical (unpaired) electrons. The molecule has 4 rings (SSSR count). The van der Waals surface area contributed by atoms with Gasteiger partial charge in [0.05, 0.1) is 17.1 Å². The Kier molecular flexibility index (Phi) is 4.27. The quantitative estimate of drug-likeness (QED) is 0.746. The van der Waals surface area contributed by atoms with Crippen LogP contribution in [0.5, 0.6) is 5.75 Å². The van der Waals surface area contributed by atoms with Crippen molar-refractivity contribution in [2.75, 3.05) is 6.61 Å². The van der Waals surface area contributed by atoms with E-state index < -0.39 is 37.9 Å². The first-order chi connectivity index (χ1) is 12.8. The van der Waals surface area contributed by atoms with E-state index in [4.69, 9.17) is 16.3 Å². The minimum Gasteiger partial charge on any atom is -0.490 e. The predicted octanol–water partition coefficient (Wildman–Crippen LogP) is 4.05. The number of carbonyl (C=O) groups is 1. The molecule has 4 nitrogen and oxygen atoms in total. The fraction of sp³-hybridized carbons (Fsp3) is 0.316. The Bertz CT molecular complexity index is 1040. The van der Waals surface area contributed by atoms with Gasteiger partial charge in [0.1, 0.15) is 16.3 Å². The molecule has 2 aromatic rings. The van der Waals surface area contributed by atoms with Gasteiger partial charge in [0, 0.05) is 23.8 Å². The van der Waals surface area contributed by atoms with Crippen molar-refractivity contribution in [2.45, 2.75) is 28.9 Å². The molecule has 1 saturated carbocycles. The Morgan fingerprint density at radius 1 is 1.07 bits per heavy atom. The number of fused-ring (bicyclic) bond motifs is 3. The summed E-state index contributed by atoms with van der Waals surface area (Å²) in [6, 6.07) is 7.34. The summed E-state index contributed by atoms with van der Waals surface area (Å²) < 4.78 is 60.2. The molecule has 2 atom stereocenters. The van der Waals surface area contributed by atoms with Crippen LogP contribution < -0.4 is 4.74 Å². The first kappa shape index (κ1) is 18.4. The van der Waals surface area contributed by atoms with Gasteiger partial charge in [-0.2, -0.15) is 0 Å². The van der Waals surface area contributed by atoms with E-state index in [0.29, 0.717) is 5.02 Å². The van der Waals surface area contributed by atoms with Gasteiger partial charge < -0.3 is 4.74 Å². The smallest absolute Gasteiger partial charge is 0.188 e. The summed E-state index contributed by atoms with van der Waals surface area (Å²) in [5.41, 5.74) is -0.318. The molecule has 8 heteroatoms. The van der Waals surface area contributed by atoms with Crippen molar-refractivity contribution in [3.8, 4) is 5.75 Å². The van der Waals surface area contributed by atoms with Crippen molar-refractivity contribution >= 4 is 27.2 Å². The van der Waals surface area contributed by atoms with Gasteiger partial charge in [-0.1, -0.05) is 11.6 Å². The topological polar surface area (TPSA) is 60.4 Å². The number of rotatable bonds is 2. The predicted molar refractivity (Wildman–Crippen MR) is 94.5 cm³/mol. The Balaban J connectivity index is 2.03. The third-order valence-corrected chi connectivity index (χ3v) is 8.27. The fourth-order valence-corrected chi connectivity index (χ4v) is 6.62. The maximum Gasteiger partial charge on any atom is 0.188 e. The highest BCUT2D eigenvalue weighted by Gasteiger charge is 2.59. The molecule has 142 valence electrons. The standard InChI is InChI=1S/C19H15ClF2O4S/c20-12-1-3-14(4-2-12)27(24,25)19-8-7-13(23)9-11(19)10-26-18-16(22)6-5-15(21)17(18)19/h1-6,11H,7-10H2/t11-,19-/m1/s1. The highest BCUT2D eigenvalue weighted by atomic mass is 35.5. The van der Waals surface area contributed by atoms with Crippen molar-refractivity contribution in [1.29, 1.82) is 0 Å². The second kappa shape index (κ2) is 6.27. The lowest BCUT2D eigenvalue weighted by molar-refractivity contribution is -0.123. The van der Waals surface area contributed by atoms with Gasteiger partial charge in [-0.05, 0) is 42.8 Å². The zero-order valence-electron chi connectivity index (χ0n) is 14.0. The van der Waals surface area contributed by atoms with Crippen LogP contribution in [0.3, 0.4) is 0 Å². The summed E-state index contributed by atoms with van der Waals surface area (Å²) >= 11 is 5.86. The van der Waals surface area contributed by atoms with Gasteiger partial charge in [-0.15, -0.1) is 0 Å². The van der Waals surface area contributed by atoms with Crippen molar-refractivity contribution < 1.29 is 26.7 Å². The van der Waals surface area contributed by atoms with E-state index in [1.54, 1.807) is 0 Å². The van der Waals surface area contributed by atoms with E-state index in [1.807, 2.05) is 0 Å². The molecular weight excluding hydrogens is 398 g/mol. The number of halogens is 3. The SMILES string of the molecule is O=C1CC[C@]2(S(=O)(=O)c3ccc(Cl)cc3)c3c(F)ccc(F)c3OC[C@H]2C1. The number of hydrogen-bond donors (Lipinski definition) is 0. The van der Waals surface area contributed by atoms with E-state index in [2.05, 4.69) is 0 Å². The summed E-state index contributed by atoms with van der Waals surface area (Å²) in [4.78, 5) is 11.9. The lowest BCUT2D eigenvalue weighted by atomic mass is 9.72. The maximum absolute atomic E-state index is 14.9. The van der Waals surface area contributed by atoms with E-state index in [9.17, 15) is 22.0 Å². The summed E-state index contributed by atoms with van der Waals surface area (Å²) in [5.74, 6) is -3.00. The van der Waals surface area contributed by atoms with E-state index in [-0.39, 0.29) is 42.1 Å².